The highest BCUT2D eigenvalue weighted by atomic mass is 16.3. The molecule has 0 aliphatic rings. The number of carbonyl (C=O) groups excluding carboxylic acids is 1. The van der Waals surface area contributed by atoms with E-state index in [9.17, 15) is 10.1 Å². The van der Waals surface area contributed by atoms with Gasteiger partial charge in [-0.1, -0.05) is 48.5 Å². The molecule has 22 heavy (non-hydrogen) atoms. The number of furan rings is 1. The topological polar surface area (TPSA) is 54.0 Å². The van der Waals surface area contributed by atoms with Gasteiger partial charge in [-0.3, -0.25) is 4.79 Å². The van der Waals surface area contributed by atoms with Crippen LogP contribution in [0.4, 0.5) is 0 Å². The van der Waals surface area contributed by atoms with Crippen molar-refractivity contribution in [2.45, 2.75) is 6.92 Å². The number of allylic oxidation sites excluding steroid dienone is 1. The monoisotopic (exact) mass is 287 g/mol. The highest BCUT2D eigenvalue weighted by Gasteiger charge is 2.20. The summed E-state index contributed by atoms with van der Waals surface area (Å²) in [5, 5.41) is 10.2. The van der Waals surface area contributed by atoms with Gasteiger partial charge in [-0.25, -0.2) is 0 Å². The molecule has 3 heteroatoms. The minimum absolute atomic E-state index is 0.0633. The van der Waals surface area contributed by atoms with Crippen molar-refractivity contribution in [2.24, 2.45) is 0 Å². The number of Topliss-reactive ketones (excluding diaryl/α,β-unsaturated/α-hetero) is 1. The second kappa shape index (κ2) is 5.71. The minimum atomic E-state index is -0.389. The fourth-order valence-electron chi connectivity index (χ4n) is 2.38. The molecular formula is C19H13NO2. The van der Waals surface area contributed by atoms with E-state index in [-0.39, 0.29) is 17.1 Å². The van der Waals surface area contributed by atoms with Gasteiger partial charge >= 0.3 is 0 Å². The van der Waals surface area contributed by atoms with Crippen molar-refractivity contribution in [3.63, 3.8) is 0 Å². The van der Waals surface area contributed by atoms with Crippen LogP contribution in [0.5, 0.6) is 0 Å². The van der Waals surface area contributed by atoms with Crippen LogP contribution in [-0.4, -0.2) is 5.78 Å². The van der Waals surface area contributed by atoms with Crippen molar-refractivity contribution in [1.29, 1.82) is 5.26 Å². The molecule has 0 fully saturated rings. The van der Waals surface area contributed by atoms with Crippen molar-refractivity contribution in [2.75, 3.05) is 0 Å². The lowest BCUT2D eigenvalue weighted by Gasteiger charge is -1.98. The molecule has 0 unspecified atom stereocenters. The molecule has 106 valence electrons. The summed E-state index contributed by atoms with van der Waals surface area (Å²) in [4.78, 5) is 12.6. The Labute approximate surface area is 128 Å². The first kappa shape index (κ1) is 13.8. The zero-order valence-corrected chi connectivity index (χ0v) is 12.0. The van der Waals surface area contributed by atoms with Crippen LogP contribution in [0.25, 0.3) is 17.0 Å². The number of fused-ring (bicyclic) bond motifs is 1. The molecule has 2 aromatic carbocycles. The standard InChI is InChI=1S/C19H13NO2/c1-13-16-9-5-6-10-17(16)22-19(13)18(21)15(12-20)11-14-7-3-2-4-8-14/h2-11H,1H3/b15-11+. The maximum Gasteiger partial charge on any atom is 0.239 e. The highest BCUT2D eigenvalue weighted by molar-refractivity contribution is 6.15. The Bertz CT molecular complexity index is 912. The van der Waals surface area contributed by atoms with Gasteiger partial charge in [0, 0.05) is 10.9 Å². The molecule has 0 N–H and O–H groups in total. The predicted molar refractivity (Wildman–Crippen MR) is 85.3 cm³/mol. The van der Waals surface area contributed by atoms with Gasteiger partial charge in [0.15, 0.2) is 5.76 Å². The molecule has 0 amide bonds. The van der Waals surface area contributed by atoms with Crippen molar-refractivity contribution in [3.05, 3.63) is 77.1 Å². The number of para-hydroxylation sites is 1. The van der Waals surface area contributed by atoms with Crippen LogP contribution in [0.2, 0.25) is 0 Å². The molecule has 1 heterocycles. The van der Waals surface area contributed by atoms with E-state index in [2.05, 4.69) is 0 Å². The van der Waals surface area contributed by atoms with Gasteiger partial charge in [0.1, 0.15) is 17.2 Å². The van der Waals surface area contributed by atoms with Crippen LogP contribution < -0.4 is 0 Å². The number of hydrogen-bond acceptors (Lipinski definition) is 3. The van der Waals surface area contributed by atoms with Crippen LogP contribution in [0.3, 0.4) is 0 Å². The summed E-state index contributed by atoms with van der Waals surface area (Å²) in [7, 11) is 0. The number of carbonyl (C=O) groups is 1. The molecular weight excluding hydrogens is 274 g/mol. The van der Waals surface area contributed by atoms with Crippen LogP contribution >= 0.6 is 0 Å². The molecule has 3 rings (SSSR count). The number of aryl methyl sites for hydroxylation is 1. The first-order valence-corrected chi connectivity index (χ1v) is 6.90. The van der Waals surface area contributed by atoms with Crippen LogP contribution in [0.1, 0.15) is 21.7 Å². The van der Waals surface area contributed by atoms with Crippen LogP contribution in [0.15, 0.2) is 64.6 Å². The van der Waals surface area contributed by atoms with E-state index in [0.717, 1.165) is 16.5 Å². The fraction of sp³-hybridized carbons (Fsp3) is 0.0526. The lowest BCUT2D eigenvalue weighted by Crippen LogP contribution is -2.02. The van der Waals surface area contributed by atoms with Gasteiger partial charge in [0.05, 0.1) is 0 Å². The van der Waals surface area contributed by atoms with E-state index in [0.29, 0.717) is 5.58 Å². The fourth-order valence-corrected chi connectivity index (χ4v) is 2.38. The molecule has 0 aliphatic carbocycles. The first-order chi connectivity index (χ1) is 10.7. The summed E-state index contributed by atoms with van der Waals surface area (Å²) in [6, 6.07) is 18.7. The van der Waals surface area contributed by atoms with Gasteiger partial charge in [0.25, 0.3) is 0 Å². The Morgan fingerprint density at radius 1 is 1.09 bits per heavy atom. The first-order valence-electron chi connectivity index (χ1n) is 6.90. The average Bonchev–Trinajstić information content (AvgIpc) is 2.90. The predicted octanol–water partition coefficient (Wildman–Crippen LogP) is 4.53. The maximum atomic E-state index is 12.6. The SMILES string of the molecule is Cc1c(C(=O)/C(C#N)=C/c2ccccc2)oc2ccccc12. The Morgan fingerprint density at radius 3 is 2.45 bits per heavy atom. The summed E-state index contributed by atoms with van der Waals surface area (Å²) in [5.74, 6) is -0.162. The molecule has 0 bridgehead atoms. The van der Waals surface area contributed by atoms with E-state index in [1.165, 1.54) is 0 Å². The third-order valence-electron chi connectivity index (χ3n) is 3.53. The van der Waals surface area contributed by atoms with Gasteiger partial charge in [-0.05, 0) is 24.6 Å². The van der Waals surface area contributed by atoms with E-state index in [4.69, 9.17) is 4.42 Å². The molecule has 0 radical (unpaired) electrons. The second-order valence-electron chi connectivity index (χ2n) is 4.96. The molecule has 3 aromatic rings. The molecule has 0 atom stereocenters. The summed E-state index contributed by atoms with van der Waals surface area (Å²) in [6.45, 7) is 1.83. The number of nitriles is 1. The summed E-state index contributed by atoms with van der Waals surface area (Å²) >= 11 is 0. The normalized spacial score (nSPS) is 11.4. The zero-order valence-electron chi connectivity index (χ0n) is 12.0. The smallest absolute Gasteiger partial charge is 0.239 e. The third kappa shape index (κ3) is 2.43. The summed E-state index contributed by atoms with van der Waals surface area (Å²) in [6.07, 6.45) is 1.58. The number of ketones is 1. The lowest BCUT2D eigenvalue weighted by atomic mass is 10.0. The number of nitrogens with zero attached hydrogens (tertiary/aromatic N) is 1. The van der Waals surface area contributed by atoms with Crippen molar-refractivity contribution < 1.29 is 9.21 Å². The zero-order chi connectivity index (χ0) is 15.5. The molecule has 1 aromatic heterocycles. The van der Waals surface area contributed by atoms with E-state index in [1.807, 2.05) is 67.6 Å². The number of hydrogen-bond donors (Lipinski definition) is 0. The number of benzene rings is 2. The van der Waals surface area contributed by atoms with E-state index >= 15 is 0 Å². The molecule has 0 spiro atoms. The average molecular weight is 287 g/mol. The van der Waals surface area contributed by atoms with Crippen molar-refractivity contribution in [1.82, 2.24) is 0 Å². The van der Waals surface area contributed by atoms with E-state index in [1.54, 1.807) is 6.08 Å². The quantitative estimate of drug-likeness (QED) is 0.404. The minimum Gasteiger partial charge on any atom is -0.452 e. The summed E-state index contributed by atoms with van der Waals surface area (Å²) < 4.78 is 5.64. The molecule has 0 saturated carbocycles. The van der Waals surface area contributed by atoms with Gasteiger partial charge in [0.2, 0.25) is 5.78 Å². The third-order valence-corrected chi connectivity index (χ3v) is 3.53. The highest BCUT2D eigenvalue weighted by Crippen LogP contribution is 2.27. The maximum absolute atomic E-state index is 12.6. The summed E-state index contributed by atoms with van der Waals surface area (Å²) in [5.41, 5.74) is 2.28. The Hall–Kier alpha value is -3.12. The molecule has 0 saturated heterocycles. The van der Waals surface area contributed by atoms with Gasteiger partial charge < -0.3 is 4.42 Å². The molecule has 0 aliphatic heterocycles. The van der Waals surface area contributed by atoms with Crippen LogP contribution in [0, 0.1) is 18.3 Å². The second-order valence-corrected chi connectivity index (χ2v) is 4.96. The van der Waals surface area contributed by atoms with Gasteiger partial charge in [-0.15, -0.1) is 0 Å². The van der Waals surface area contributed by atoms with Crippen LogP contribution in [-0.2, 0) is 0 Å². The number of rotatable bonds is 3. The molecule has 3 nitrogen and oxygen atoms in total. The van der Waals surface area contributed by atoms with Crippen molar-refractivity contribution in [3.8, 4) is 6.07 Å². The lowest BCUT2D eigenvalue weighted by molar-refractivity contribution is 0.101. The Balaban J connectivity index is 2.06. The largest absolute Gasteiger partial charge is 0.452 e. The van der Waals surface area contributed by atoms with Crippen molar-refractivity contribution >= 4 is 22.8 Å². The van der Waals surface area contributed by atoms with E-state index < -0.39 is 0 Å². The van der Waals surface area contributed by atoms with Gasteiger partial charge in [-0.2, -0.15) is 5.26 Å². The Kier molecular flexibility index (Phi) is 3.59. The Morgan fingerprint density at radius 2 is 1.77 bits per heavy atom.